The summed E-state index contributed by atoms with van der Waals surface area (Å²) < 4.78 is 5.65. The molecular weight excluding hydrogens is 190 g/mol. The molecule has 1 saturated carbocycles. The number of rotatable bonds is 6. The number of nitrogens with zero attached hydrogens (tertiary/aromatic N) is 1. The summed E-state index contributed by atoms with van der Waals surface area (Å²) in [5, 5.41) is 0. The summed E-state index contributed by atoms with van der Waals surface area (Å²) in [5.74, 6) is 0.204. The highest BCUT2D eigenvalue weighted by Gasteiger charge is 2.16. The number of hydrogen-bond donors (Lipinski definition) is 0. The smallest absolute Gasteiger partial charge is 0.224 e. The third kappa shape index (κ3) is 4.65. The van der Waals surface area contributed by atoms with Crippen LogP contribution in [-0.4, -0.2) is 37.1 Å². The molecule has 0 radical (unpaired) electrons. The summed E-state index contributed by atoms with van der Waals surface area (Å²) in [6, 6.07) is 0. The van der Waals surface area contributed by atoms with Gasteiger partial charge in [-0.2, -0.15) is 0 Å². The largest absolute Gasteiger partial charge is 0.378 e. The molecule has 0 bridgehead atoms. The van der Waals surface area contributed by atoms with Crippen LogP contribution in [0.3, 0.4) is 0 Å². The van der Waals surface area contributed by atoms with Crippen LogP contribution in [0.5, 0.6) is 0 Å². The van der Waals surface area contributed by atoms with Crippen LogP contribution in [0.25, 0.3) is 0 Å². The van der Waals surface area contributed by atoms with E-state index in [0.717, 1.165) is 13.0 Å². The first-order valence-corrected chi connectivity index (χ1v) is 6.09. The van der Waals surface area contributed by atoms with Crippen molar-refractivity contribution in [3.05, 3.63) is 0 Å². The molecule has 1 aliphatic carbocycles. The van der Waals surface area contributed by atoms with Crippen molar-refractivity contribution >= 4 is 5.91 Å². The number of carbonyl (C=O) groups excluding carboxylic acids is 1. The van der Waals surface area contributed by atoms with Gasteiger partial charge in [-0.15, -0.1) is 0 Å². The van der Waals surface area contributed by atoms with Gasteiger partial charge in [0.1, 0.15) is 0 Å². The quantitative estimate of drug-likeness (QED) is 0.677. The minimum Gasteiger partial charge on any atom is -0.378 e. The molecule has 15 heavy (non-hydrogen) atoms. The molecule has 1 rings (SSSR count). The number of carbonyl (C=O) groups is 1. The van der Waals surface area contributed by atoms with Crippen molar-refractivity contribution in [2.45, 2.75) is 51.6 Å². The van der Waals surface area contributed by atoms with Crippen LogP contribution in [0.15, 0.2) is 0 Å². The molecule has 0 saturated heterocycles. The number of ether oxygens (including phenoxy) is 1. The van der Waals surface area contributed by atoms with Crippen LogP contribution in [0.1, 0.15) is 45.4 Å². The zero-order valence-electron chi connectivity index (χ0n) is 10.00. The second-order valence-electron chi connectivity index (χ2n) is 4.34. The zero-order valence-corrected chi connectivity index (χ0v) is 10.00. The molecule has 0 aromatic carbocycles. The van der Waals surface area contributed by atoms with Crippen molar-refractivity contribution in [1.82, 2.24) is 4.90 Å². The van der Waals surface area contributed by atoms with Gasteiger partial charge in [0, 0.05) is 13.6 Å². The minimum absolute atomic E-state index is 0.204. The van der Waals surface area contributed by atoms with Crippen molar-refractivity contribution in [2.24, 2.45) is 0 Å². The zero-order chi connectivity index (χ0) is 11.1. The van der Waals surface area contributed by atoms with Crippen LogP contribution in [0.4, 0.5) is 0 Å². The summed E-state index contributed by atoms with van der Waals surface area (Å²) in [7, 11) is 1.86. The van der Waals surface area contributed by atoms with E-state index in [1.165, 1.54) is 25.7 Å². The Bertz CT molecular complexity index is 188. The molecule has 0 spiro atoms. The fourth-order valence-corrected chi connectivity index (χ4v) is 2.02. The Kier molecular flexibility index (Phi) is 5.69. The highest BCUT2D eigenvalue weighted by molar-refractivity contribution is 5.75. The summed E-state index contributed by atoms with van der Waals surface area (Å²) >= 11 is 0. The number of amides is 1. The van der Waals surface area contributed by atoms with E-state index in [-0.39, 0.29) is 5.91 Å². The van der Waals surface area contributed by atoms with Crippen LogP contribution >= 0.6 is 0 Å². The van der Waals surface area contributed by atoms with Crippen molar-refractivity contribution in [3.8, 4) is 0 Å². The molecule has 0 aromatic rings. The van der Waals surface area contributed by atoms with Crippen molar-refractivity contribution < 1.29 is 9.53 Å². The monoisotopic (exact) mass is 213 g/mol. The van der Waals surface area contributed by atoms with Gasteiger partial charge in [-0.1, -0.05) is 19.8 Å². The van der Waals surface area contributed by atoms with Crippen molar-refractivity contribution in [3.63, 3.8) is 0 Å². The first-order chi connectivity index (χ1) is 7.24. The highest BCUT2D eigenvalue weighted by Crippen LogP contribution is 2.20. The highest BCUT2D eigenvalue weighted by atomic mass is 16.5. The van der Waals surface area contributed by atoms with Gasteiger partial charge in [0.05, 0.1) is 19.1 Å². The first-order valence-electron chi connectivity index (χ1n) is 6.09. The fraction of sp³-hybridized carbons (Fsp3) is 0.917. The molecule has 0 unspecified atom stereocenters. The second-order valence-corrected chi connectivity index (χ2v) is 4.34. The van der Waals surface area contributed by atoms with E-state index in [4.69, 9.17) is 4.74 Å². The Morgan fingerprint density at radius 3 is 2.67 bits per heavy atom. The molecular formula is C12H23NO2. The van der Waals surface area contributed by atoms with Crippen molar-refractivity contribution in [1.29, 1.82) is 0 Å². The summed E-state index contributed by atoms with van der Waals surface area (Å²) in [4.78, 5) is 13.3. The molecule has 0 aromatic heterocycles. The maximum atomic E-state index is 11.6. The van der Waals surface area contributed by atoms with E-state index in [9.17, 15) is 4.79 Å². The van der Waals surface area contributed by atoms with E-state index in [1.807, 2.05) is 7.05 Å². The molecule has 0 aliphatic heterocycles. The van der Waals surface area contributed by atoms with Crippen LogP contribution in [-0.2, 0) is 9.53 Å². The molecule has 1 fully saturated rings. The van der Waals surface area contributed by atoms with Gasteiger partial charge < -0.3 is 9.64 Å². The van der Waals surface area contributed by atoms with Crippen LogP contribution < -0.4 is 0 Å². The normalized spacial score (nSPS) is 16.9. The van der Waals surface area contributed by atoms with E-state index < -0.39 is 0 Å². The summed E-state index contributed by atoms with van der Waals surface area (Å²) in [6.07, 6.45) is 6.91. The third-order valence-electron chi connectivity index (χ3n) is 2.96. The van der Waals surface area contributed by atoms with Gasteiger partial charge >= 0.3 is 0 Å². The molecule has 0 heterocycles. The number of hydrogen-bond acceptors (Lipinski definition) is 2. The molecule has 1 amide bonds. The molecule has 3 heteroatoms. The lowest BCUT2D eigenvalue weighted by Gasteiger charge is -2.17. The van der Waals surface area contributed by atoms with Crippen molar-refractivity contribution in [2.75, 3.05) is 20.2 Å². The predicted octanol–water partition coefficient (Wildman–Crippen LogP) is 2.20. The van der Waals surface area contributed by atoms with E-state index in [0.29, 0.717) is 19.1 Å². The standard InChI is InChI=1S/C12H23NO2/c1-3-9-13(2)12(14)8-10-15-11-6-4-5-7-11/h11H,3-10H2,1-2H3. The second kappa shape index (κ2) is 6.83. The lowest BCUT2D eigenvalue weighted by atomic mass is 10.3. The topological polar surface area (TPSA) is 29.5 Å². The van der Waals surface area contributed by atoms with Gasteiger partial charge in [-0.05, 0) is 19.3 Å². The first kappa shape index (κ1) is 12.5. The lowest BCUT2D eigenvalue weighted by Crippen LogP contribution is -2.28. The minimum atomic E-state index is 0.204. The van der Waals surface area contributed by atoms with Gasteiger partial charge in [0.25, 0.3) is 0 Å². The Labute approximate surface area is 92.8 Å². The van der Waals surface area contributed by atoms with Gasteiger partial charge in [0.2, 0.25) is 5.91 Å². The Morgan fingerprint density at radius 1 is 1.40 bits per heavy atom. The Hall–Kier alpha value is -0.570. The predicted molar refractivity (Wildman–Crippen MR) is 60.8 cm³/mol. The van der Waals surface area contributed by atoms with Gasteiger partial charge in [0.15, 0.2) is 0 Å². The molecule has 88 valence electrons. The van der Waals surface area contributed by atoms with E-state index in [1.54, 1.807) is 4.90 Å². The van der Waals surface area contributed by atoms with E-state index >= 15 is 0 Å². The van der Waals surface area contributed by atoms with Crippen LogP contribution in [0, 0.1) is 0 Å². The van der Waals surface area contributed by atoms with Gasteiger partial charge in [-0.3, -0.25) is 4.79 Å². The maximum absolute atomic E-state index is 11.6. The van der Waals surface area contributed by atoms with Gasteiger partial charge in [-0.25, -0.2) is 0 Å². The average molecular weight is 213 g/mol. The van der Waals surface area contributed by atoms with E-state index in [2.05, 4.69) is 6.92 Å². The Morgan fingerprint density at radius 2 is 2.07 bits per heavy atom. The summed E-state index contributed by atoms with van der Waals surface area (Å²) in [6.45, 7) is 3.53. The molecule has 0 atom stereocenters. The molecule has 1 aliphatic rings. The average Bonchev–Trinajstić information content (AvgIpc) is 2.71. The maximum Gasteiger partial charge on any atom is 0.224 e. The fourth-order valence-electron chi connectivity index (χ4n) is 2.02. The lowest BCUT2D eigenvalue weighted by molar-refractivity contribution is -0.131. The molecule has 0 N–H and O–H groups in total. The molecule has 3 nitrogen and oxygen atoms in total. The summed E-state index contributed by atoms with van der Waals surface area (Å²) in [5.41, 5.74) is 0. The van der Waals surface area contributed by atoms with Crippen LogP contribution in [0.2, 0.25) is 0 Å². The Balaban J connectivity index is 2.05. The third-order valence-corrected chi connectivity index (χ3v) is 2.96. The SMILES string of the molecule is CCCN(C)C(=O)CCOC1CCCC1.